The lowest BCUT2D eigenvalue weighted by Gasteiger charge is -2.19. The lowest BCUT2D eigenvalue weighted by Crippen LogP contribution is -2.33. The fourth-order valence-corrected chi connectivity index (χ4v) is 1.72. The summed E-state index contributed by atoms with van der Waals surface area (Å²) in [5.74, 6) is -0.313. The fraction of sp³-hybridized carbons (Fsp3) is 0.462. The maximum Gasteiger partial charge on any atom is 0.248 e. The predicted octanol–water partition coefficient (Wildman–Crippen LogP) is 1.55. The number of nitrogens with one attached hydrogen (secondary N) is 1. The second kappa shape index (κ2) is 6.73. The van der Waals surface area contributed by atoms with Gasteiger partial charge in [0.2, 0.25) is 5.91 Å². The normalized spacial score (nSPS) is 14.2. The number of hydrogen-bond donors (Lipinski definition) is 3. The van der Waals surface area contributed by atoms with Gasteiger partial charge in [0.1, 0.15) is 0 Å². The van der Waals surface area contributed by atoms with Crippen LogP contribution in [0.4, 0.5) is 0 Å². The molecule has 0 saturated carbocycles. The highest BCUT2D eigenvalue weighted by atomic mass is 35.5. The van der Waals surface area contributed by atoms with E-state index in [2.05, 4.69) is 5.32 Å². The van der Waals surface area contributed by atoms with E-state index in [1.54, 1.807) is 18.2 Å². The summed E-state index contributed by atoms with van der Waals surface area (Å²) < 4.78 is 0. The topological polar surface area (TPSA) is 75.3 Å². The van der Waals surface area contributed by atoms with Gasteiger partial charge in [-0.15, -0.1) is 0 Å². The molecule has 0 aromatic heterocycles. The molecule has 0 heterocycles. The quantitative estimate of drug-likeness (QED) is 0.734. The minimum absolute atomic E-state index is 0.141. The molecule has 1 aromatic carbocycles. The number of nitrogens with two attached hydrogens (primary N) is 1. The summed E-state index contributed by atoms with van der Waals surface area (Å²) in [6, 6.07) is 5.19. The Morgan fingerprint density at radius 2 is 2.17 bits per heavy atom. The zero-order valence-corrected chi connectivity index (χ0v) is 11.4. The van der Waals surface area contributed by atoms with Crippen molar-refractivity contribution < 1.29 is 9.90 Å². The first-order valence-corrected chi connectivity index (χ1v) is 6.26. The fourth-order valence-electron chi connectivity index (χ4n) is 1.47. The highest BCUT2D eigenvalue weighted by molar-refractivity contribution is 6.31. The van der Waals surface area contributed by atoms with Gasteiger partial charge < -0.3 is 16.2 Å². The zero-order valence-electron chi connectivity index (χ0n) is 10.6. The molecular weight excluding hydrogens is 252 g/mol. The van der Waals surface area contributed by atoms with E-state index >= 15 is 0 Å². The lowest BCUT2D eigenvalue weighted by atomic mass is 10.0. The Bertz CT molecular complexity index is 423. The van der Waals surface area contributed by atoms with Gasteiger partial charge in [0.05, 0.1) is 0 Å². The molecule has 0 aliphatic rings. The number of primary amides is 1. The smallest absolute Gasteiger partial charge is 0.248 e. The molecule has 0 saturated heterocycles. The average Bonchev–Trinajstić information content (AvgIpc) is 2.35. The summed E-state index contributed by atoms with van der Waals surface area (Å²) in [6.07, 6.45) is 0. The number of aliphatic hydroxyl groups excluding tert-OH is 1. The maximum absolute atomic E-state index is 11.0. The Balaban J connectivity index is 2.66. The van der Waals surface area contributed by atoms with Crippen molar-refractivity contribution in [2.75, 3.05) is 6.61 Å². The molecule has 100 valence electrons. The van der Waals surface area contributed by atoms with Crippen LogP contribution in [-0.2, 0) is 6.54 Å². The van der Waals surface area contributed by atoms with E-state index in [1.807, 2.05) is 13.8 Å². The first-order chi connectivity index (χ1) is 8.45. The van der Waals surface area contributed by atoms with Crippen LogP contribution in [0.15, 0.2) is 18.2 Å². The summed E-state index contributed by atoms with van der Waals surface area (Å²) in [4.78, 5) is 11.0. The lowest BCUT2D eigenvalue weighted by molar-refractivity contribution is 0.100. The third kappa shape index (κ3) is 3.98. The van der Waals surface area contributed by atoms with E-state index in [9.17, 15) is 4.79 Å². The van der Waals surface area contributed by atoms with Crippen LogP contribution >= 0.6 is 11.6 Å². The van der Waals surface area contributed by atoms with Crippen molar-refractivity contribution in [3.05, 3.63) is 34.3 Å². The van der Waals surface area contributed by atoms with Crippen LogP contribution in [0, 0.1) is 5.92 Å². The van der Waals surface area contributed by atoms with Crippen molar-refractivity contribution in [3.8, 4) is 0 Å². The van der Waals surface area contributed by atoms with Gasteiger partial charge in [-0.25, -0.2) is 0 Å². The van der Waals surface area contributed by atoms with Crippen molar-refractivity contribution in [3.63, 3.8) is 0 Å². The highest BCUT2D eigenvalue weighted by Gasteiger charge is 2.11. The second-order valence-corrected chi connectivity index (χ2v) is 4.91. The Kier molecular flexibility index (Phi) is 5.59. The van der Waals surface area contributed by atoms with Gasteiger partial charge >= 0.3 is 0 Å². The summed E-state index contributed by atoms with van der Waals surface area (Å²) in [6.45, 7) is 4.70. The predicted molar refractivity (Wildman–Crippen MR) is 72.5 cm³/mol. The molecule has 0 spiro atoms. The number of halogens is 1. The summed E-state index contributed by atoms with van der Waals surface area (Å²) >= 11 is 6.07. The van der Waals surface area contributed by atoms with Crippen LogP contribution in [0.25, 0.3) is 0 Å². The van der Waals surface area contributed by atoms with Gasteiger partial charge in [-0.3, -0.25) is 4.79 Å². The van der Waals surface area contributed by atoms with Gasteiger partial charge in [0.25, 0.3) is 0 Å². The minimum atomic E-state index is -0.487. The molecule has 2 atom stereocenters. The molecule has 18 heavy (non-hydrogen) atoms. The van der Waals surface area contributed by atoms with Crippen molar-refractivity contribution in [1.29, 1.82) is 0 Å². The largest absolute Gasteiger partial charge is 0.396 e. The molecule has 0 fully saturated rings. The highest BCUT2D eigenvalue weighted by Crippen LogP contribution is 2.18. The SMILES string of the molecule is CC(CO)C(C)NCc1ccc(C(N)=O)cc1Cl. The number of hydrogen-bond acceptors (Lipinski definition) is 3. The molecule has 4 nitrogen and oxygen atoms in total. The van der Waals surface area contributed by atoms with Crippen LogP contribution in [0.5, 0.6) is 0 Å². The van der Waals surface area contributed by atoms with Gasteiger partial charge in [0.15, 0.2) is 0 Å². The van der Waals surface area contributed by atoms with Gasteiger partial charge in [-0.05, 0) is 30.5 Å². The molecule has 0 aliphatic heterocycles. The molecule has 2 unspecified atom stereocenters. The van der Waals surface area contributed by atoms with Crippen molar-refractivity contribution >= 4 is 17.5 Å². The van der Waals surface area contributed by atoms with Crippen LogP contribution in [0.2, 0.25) is 5.02 Å². The van der Waals surface area contributed by atoms with Crippen LogP contribution in [0.1, 0.15) is 29.8 Å². The summed E-state index contributed by atoms with van der Waals surface area (Å²) in [5, 5.41) is 12.8. The van der Waals surface area contributed by atoms with E-state index in [0.29, 0.717) is 17.1 Å². The van der Waals surface area contributed by atoms with Gasteiger partial charge in [-0.1, -0.05) is 24.6 Å². The Morgan fingerprint density at radius 3 is 2.67 bits per heavy atom. The summed E-state index contributed by atoms with van der Waals surface area (Å²) in [7, 11) is 0. The van der Waals surface area contributed by atoms with Crippen molar-refractivity contribution in [2.24, 2.45) is 11.7 Å². The van der Waals surface area contributed by atoms with E-state index in [-0.39, 0.29) is 18.6 Å². The molecule has 5 heteroatoms. The molecule has 0 bridgehead atoms. The molecule has 1 rings (SSSR count). The minimum Gasteiger partial charge on any atom is -0.396 e. The molecule has 1 amide bonds. The number of aliphatic hydroxyl groups is 1. The number of rotatable bonds is 6. The van der Waals surface area contributed by atoms with Gasteiger partial charge in [-0.2, -0.15) is 0 Å². The zero-order chi connectivity index (χ0) is 13.7. The Hall–Kier alpha value is -1.10. The third-order valence-corrected chi connectivity index (χ3v) is 3.45. The van der Waals surface area contributed by atoms with Crippen molar-refractivity contribution in [1.82, 2.24) is 5.32 Å². The first-order valence-electron chi connectivity index (χ1n) is 5.88. The number of carbonyl (C=O) groups excluding carboxylic acids is 1. The molecule has 1 aromatic rings. The number of carbonyl (C=O) groups is 1. The molecular formula is C13H19ClN2O2. The third-order valence-electron chi connectivity index (χ3n) is 3.09. The average molecular weight is 271 g/mol. The van der Waals surface area contributed by atoms with Gasteiger partial charge in [0, 0.05) is 29.8 Å². The van der Waals surface area contributed by atoms with Crippen LogP contribution in [-0.4, -0.2) is 23.7 Å². The maximum atomic E-state index is 11.0. The monoisotopic (exact) mass is 270 g/mol. The molecule has 4 N–H and O–H groups in total. The van der Waals surface area contributed by atoms with E-state index in [0.717, 1.165) is 5.56 Å². The van der Waals surface area contributed by atoms with Crippen LogP contribution in [0.3, 0.4) is 0 Å². The Labute approximate surface area is 112 Å². The van der Waals surface area contributed by atoms with Crippen LogP contribution < -0.4 is 11.1 Å². The molecule has 0 radical (unpaired) electrons. The van der Waals surface area contributed by atoms with E-state index in [4.69, 9.17) is 22.4 Å². The second-order valence-electron chi connectivity index (χ2n) is 4.50. The first kappa shape index (κ1) is 15.0. The number of amides is 1. The van der Waals surface area contributed by atoms with Crippen molar-refractivity contribution in [2.45, 2.75) is 26.4 Å². The number of benzene rings is 1. The molecule has 0 aliphatic carbocycles. The van der Waals surface area contributed by atoms with E-state index in [1.165, 1.54) is 0 Å². The van der Waals surface area contributed by atoms with E-state index < -0.39 is 5.91 Å². The standard InChI is InChI=1S/C13H19ClN2O2/c1-8(7-17)9(2)16-6-11-4-3-10(13(15)18)5-12(11)14/h3-5,8-9,16-17H,6-7H2,1-2H3,(H2,15,18). The Morgan fingerprint density at radius 1 is 1.50 bits per heavy atom. The summed E-state index contributed by atoms with van der Waals surface area (Å²) in [5.41, 5.74) is 6.48.